The summed E-state index contributed by atoms with van der Waals surface area (Å²) in [5.74, 6) is 1.38. The molecule has 3 nitrogen and oxygen atoms in total. The van der Waals surface area contributed by atoms with Gasteiger partial charge in [-0.15, -0.1) is 0 Å². The molecule has 4 aromatic carbocycles. The molecule has 4 heteroatoms. The van der Waals surface area contributed by atoms with Crippen LogP contribution < -0.4 is 25.6 Å². The summed E-state index contributed by atoms with van der Waals surface area (Å²) in [6.07, 6.45) is 40.9. The van der Waals surface area contributed by atoms with Crippen molar-refractivity contribution in [3.63, 3.8) is 0 Å². The van der Waals surface area contributed by atoms with Gasteiger partial charge in [0.1, 0.15) is 0 Å². The Hall–Kier alpha value is -6.26. The van der Waals surface area contributed by atoms with Crippen LogP contribution in [0.3, 0.4) is 0 Å². The van der Waals surface area contributed by atoms with Crippen LogP contribution in [0.5, 0.6) is 0 Å². The number of para-hydroxylation sites is 1. The zero-order valence-corrected chi connectivity index (χ0v) is 34.8. The number of nitrogens with zero attached hydrogens (tertiary/aromatic N) is 3. The Labute approximate surface area is 356 Å². The molecule has 2 heterocycles. The van der Waals surface area contributed by atoms with Gasteiger partial charge in [-0.2, -0.15) is 0 Å². The molecule has 11 rings (SSSR count). The Balaban J connectivity index is 1.14. The van der Waals surface area contributed by atoms with E-state index in [1.54, 1.807) is 5.57 Å². The lowest BCUT2D eigenvalue weighted by Gasteiger charge is -2.48. The molecule has 4 unspecified atom stereocenters. The number of hydrogen-bond acceptors (Lipinski definition) is 3. The van der Waals surface area contributed by atoms with Crippen LogP contribution in [-0.2, 0) is 0 Å². The first-order valence-corrected chi connectivity index (χ1v) is 22.3. The van der Waals surface area contributed by atoms with E-state index in [-0.39, 0.29) is 12.8 Å². The number of benzene rings is 4. The second kappa shape index (κ2) is 15.4. The van der Waals surface area contributed by atoms with Gasteiger partial charge in [0.15, 0.2) is 0 Å². The van der Waals surface area contributed by atoms with Crippen molar-refractivity contribution in [2.24, 2.45) is 17.8 Å². The standard InChI is InChI=1S/C56H52BN3/c1-39-18-15-21-42(34-39)43-22-16-29-47(36-43)60-53-31-17-30-52-56(53)57(51-35-40(2)49(38-55(51)60)41-19-7-3-8-20-41)50-33-32-48(37-54(50)59(52)46-27-13-6-14-28-46)58(44-23-9-4-10-24-44)45-25-11-5-12-26-45/h3-11,13-19,21-25,27,29-33,36-41,46H,12,20,26,28,34-35H2,1-2H3. The summed E-state index contributed by atoms with van der Waals surface area (Å²) in [7, 11) is 0. The molecule has 0 bridgehead atoms. The van der Waals surface area contributed by atoms with Crippen molar-refractivity contribution in [3.05, 3.63) is 210 Å². The molecule has 7 aliphatic rings. The summed E-state index contributed by atoms with van der Waals surface area (Å²) in [4.78, 5) is 7.81. The van der Waals surface area contributed by atoms with Gasteiger partial charge in [0.05, 0.1) is 6.04 Å². The molecule has 0 amide bonds. The number of rotatable bonds is 7. The lowest BCUT2D eigenvalue weighted by atomic mass is 9.31. The lowest BCUT2D eigenvalue weighted by Crippen LogP contribution is -2.58. The third-order valence-electron chi connectivity index (χ3n) is 13.8. The largest absolute Gasteiger partial charge is 0.335 e. The fourth-order valence-electron chi connectivity index (χ4n) is 11.0. The molecular weight excluding hydrogens is 725 g/mol. The lowest BCUT2D eigenvalue weighted by molar-refractivity contribution is 0.577. The maximum absolute atomic E-state index is 2.68. The van der Waals surface area contributed by atoms with Crippen molar-refractivity contribution in [1.29, 1.82) is 0 Å². The molecule has 0 fully saturated rings. The minimum Gasteiger partial charge on any atom is -0.335 e. The number of allylic oxidation sites excluding steroid dienone is 17. The topological polar surface area (TPSA) is 9.72 Å². The summed E-state index contributed by atoms with van der Waals surface area (Å²) < 4.78 is 0. The first-order chi connectivity index (χ1) is 29.6. The van der Waals surface area contributed by atoms with Crippen molar-refractivity contribution in [2.75, 3.05) is 14.7 Å². The first-order valence-electron chi connectivity index (χ1n) is 22.3. The molecule has 2 aliphatic heterocycles. The average Bonchev–Trinajstić information content (AvgIpc) is 3.30. The average molecular weight is 778 g/mol. The highest BCUT2D eigenvalue weighted by Gasteiger charge is 2.46. The monoisotopic (exact) mass is 777 g/mol. The van der Waals surface area contributed by atoms with E-state index < -0.39 is 0 Å². The second-order valence-electron chi connectivity index (χ2n) is 17.6. The summed E-state index contributed by atoms with van der Waals surface area (Å²) in [5.41, 5.74) is 18.9. The fourth-order valence-corrected chi connectivity index (χ4v) is 11.0. The van der Waals surface area contributed by atoms with Gasteiger partial charge in [-0.05, 0) is 133 Å². The quantitative estimate of drug-likeness (QED) is 0.173. The Morgan fingerprint density at radius 2 is 1.52 bits per heavy atom. The second-order valence-corrected chi connectivity index (χ2v) is 17.6. The van der Waals surface area contributed by atoms with Crippen molar-refractivity contribution in [1.82, 2.24) is 0 Å². The highest BCUT2D eigenvalue weighted by atomic mass is 15.2. The highest BCUT2D eigenvalue weighted by molar-refractivity contribution is 6.95. The molecule has 0 spiro atoms. The molecule has 0 saturated carbocycles. The van der Waals surface area contributed by atoms with Crippen molar-refractivity contribution in [3.8, 4) is 0 Å². The van der Waals surface area contributed by atoms with Crippen LogP contribution in [0.2, 0.25) is 0 Å². The third kappa shape index (κ3) is 6.36. The van der Waals surface area contributed by atoms with E-state index in [2.05, 4.69) is 211 Å². The van der Waals surface area contributed by atoms with Gasteiger partial charge in [0.25, 0.3) is 0 Å². The SMILES string of the molecule is CC1C=CC=C(c2cccc(N3C4=C(CC(C)C(C5C=CC=CC5)=C4)B4c5ccc(N(C6=CC=CCC6)c6ccccc6)cc5N(C5C=CC=CC5)c5cccc3c54)c2)C1. The third-order valence-corrected chi connectivity index (χ3v) is 13.8. The number of hydrogen-bond donors (Lipinski definition) is 0. The summed E-state index contributed by atoms with van der Waals surface area (Å²) in [6, 6.07) is 35.1. The molecule has 0 radical (unpaired) electrons. The van der Waals surface area contributed by atoms with E-state index in [9.17, 15) is 0 Å². The highest BCUT2D eigenvalue weighted by Crippen LogP contribution is 2.49. The Morgan fingerprint density at radius 1 is 0.667 bits per heavy atom. The summed E-state index contributed by atoms with van der Waals surface area (Å²) >= 11 is 0. The Kier molecular flexibility index (Phi) is 9.45. The van der Waals surface area contributed by atoms with Crippen molar-refractivity contribution < 1.29 is 0 Å². The minimum absolute atomic E-state index is 0.144. The molecule has 0 saturated heterocycles. The van der Waals surface area contributed by atoms with E-state index in [1.807, 2.05) is 0 Å². The number of fused-ring (bicyclic) bond motifs is 3. The van der Waals surface area contributed by atoms with Gasteiger partial charge < -0.3 is 14.7 Å². The molecule has 4 aromatic rings. The van der Waals surface area contributed by atoms with Crippen molar-refractivity contribution >= 4 is 57.3 Å². The van der Waals surface area contributed by atoms with E-state index >= 15 is 0 Å². The van der Waals surface area contributed by atoms with Gasteiger partial charge in [0, 0.05) is 51.4 Å². The van der Waals surface area contributed by atoms with Gasteiger partial charge >= 0.3 is 0 Å². The van der Waals surface area contributed by atoms with Crippen LogP contribution >= 0.6 is 0 Å². The normalized spacial score (nSPS) is 23.5. The predicted molar refractivity (Wildman–Crippen MR) is 257 cm³/mol. The Morgan fingerprint density at radius 3 is 2.32 bits per heavy atom. The maximum Gasteiger partial charge on any atom is 0.247 e. The molecule has 0 N–H and O–H groups in total. The molecular formula is C56H52BN3. The van der Waals surface area contributed by atoms with Crippen molar-refractivity contribution in [2.45, 2.75) is 58.4 Å². The van der Waals surface area contributed by atoms with Crippen LogP contribution in [0.4, 0.5) is 34.1 Å². The van der Waals surface area contributed by atoms with E-state index in [4.69, 9.17) is 0 Å². The van der Waals surface area contributed by atoms with Gasteiger partial charge in [-0.25, -0.2) is 0 Å². The molecule has 60 heavy (non-hydrogen) atoms. The Bertz CT molecular complexity index is 2680. The summed E-state index contributed by atoms with van der Waals surface area (Å²) in [6.45, 7) is 4.94. The zero-order chi connectivity index (χ0) is 40.2. The van der Waals surface area contributed by atoms with E-state index in [1.165, 1.54) is 73.1 Å². The molecule has 4 atom stereocenters. The molecule has 5 aliphatic carbocycles. The smallest absolute Gasteiger partial charge is 0.247 e. The van der Waals surface area contributed by atoms with Crippen LogP contribution in [0.15, 0.2) is 205 Å². The van der Waals surface area contributed by atoms with Crippen LogP contribution in [0.1, 0.15) is 57.9 Å². The first kappa shape index (κ1) is 36.8. The van der Waals surface area contributed by atoms with Crippen LogP contribution in [0, 0.1) is 17.8 Å². The molecule has 0 aromatic heterocycles. The maximum atomic E-state index is 2.68. The predicted octanol–water partition coefficient (Wildman–Crippen LogP) is 13.0. The molecule has 294 valence electrons. The van der Waals surface area contributed by atoms with E-state index in [0.29, 0.717) is 17.8 Å². The van der Waals surface area contributed by atoms with Gasteiger partial charge in [-0.1, -0.05) is 146 Å². The van der Waals surface area contributed by atoms with Crippen LogP contribution in [-0.4, -0.2) is 12.8 Å². The zero-order valence-electron chi connectivity index (χ0n) is 34.8. The summed E-state index contributed by atoms with van der Waals surface area (Å²) in [5, 5.41) is 0. The van der Waals surface area contributed by atoms with Crippen LogP contribution in [0.25, 0.3) is 5.57 Å². The minimum atomic E-state index is 0.144. The van der Waals surface area contributed by atoms with Gasteiger partial charge in [0.2, 0.25) is 6.71 Å². The van der Waals surface area contributed by atoms with E-state index in [0.717, 1.165) is 38.5 Å². The fraction of sp³-hybridized carbons (Fsp3) is 0.214. The van der Waals surface area contributed by atoms with Gasteiger partial charge in [-0.3, -0.25) is 0 Å². The number of anilines is 6.